The van der Waals surface area contributed by atoms with E-state index in [9.17, 15) is 4.79 Å². The fraction of sp³-hybridized carbons (Fsp3) is 0.421. The summed E-state index contributed by atoms with van der Waals surface area (Å²) in [6, 6.07) is 8.13. The van der Waals surface area contributed by atoms with Crippen LogP contribution in [0, 0.1) is 11.8 Å². The molecule has 3 N–H and O–H groups in total. The Morgan fingerprint density at radius 1 is 1.08 bits per heavy atom. The molecule has 1 aromatic carbocycles. The molecule has 2 aromatic rings. The van der Waals surface area contributed by atoms with E-state index in [1.807, 2.05) is 30.5 Å². The lowest BCUT2D eigenvalue weighted by molar-refractivity contribution is -0.114. The molecule has 1 aliphatic heterocycles. The fourth-order valence-corrected chi connectivity index (χ4v) is 3.97. The molecule has 3 atom stereocenters. The van der Waals surface area contributed by atoms with Crippen molar-refractivity contribution < 1.29 is 4.79 Å². The molecule has 6 nitrogen and oxygen atoms in total. The van der Waals surface area contributed by atoms with E-state index in [4.69, 9.17) is 0 Å². The number of carbonyl (C=O) groups is 1. The lowest BCUT2D eigenvalue weighted by Gasteiger charge is -2.14. The Hall–Kier alpha value is -2.18. The maximum absolute atomic E-state index is 11.1. The molecule has 1 saturated carbocycles. The van der Waals surface area contributed by atoms with Crippen LogP contribution >= 0.6 is 12.4 Å². The Labute approximate surface area is 159 Å². The number of fused-ring (bicyclic) bond motifs is 1. The number of hydrogen-bond acceptors (Lipinski definition) is 5. The van der Waals surface area contributed by atoms with Crippen LogP contribution in [0.25, 0.3) is 11.3 Å². The molecule has 0 radical (unpaired) electrons. The maximum Gasteiger partial charge on any atom is 0.221 e. The molecule has 26 heavy (non-hydrogen) atoms. The Bertz CT molecular complexity index is 738. The molecule has 1 aliphatic carbocycles. The van der Waals surface area contributed by atoms with Gasteiger partial charge in [0.1, 0.15) is 5.82 Å². The van der Waals surface area contributed by atoms with Gasteiger partial charge in [0.05, 0.1) is 18.1 Å². The second-order valence-electron chi connectivity index (χ2n) is 7.04. The van der Waals surface area contributed by atoms with Crippen LogP contribution in [0.4, 0.5) is 11.5 Å². The number of halogens is 1. The number of hydrogen-bond donors (Lipinski definition) is 3. The van der Waals surface area contributed by atoms with Gasteiger partial charge in [0.25, 0.3) is 0 Å². The molecule has 1 saturated heterocycles. The summed E-state index contributed by atoms with van der Waals surface area (Å²) < 4.78 is 0. The van der Waals surface area contributed by atoms with Crippen molar-refractivity contribution in [1.82, 2.24) is 15.3 Å². The van der Waals surface area contributed by atoms with E-state index >= 15 is 0 Å². The van der Waals surface area contributed by atoms with Crippen LogP contribution < -0.4 is 16.0 Å². The summed E-state index contributed by atoms with van der Waals surface area (Å²) in [5.74, 6) is 2.39. The molecule has 2 aliphatic rings. The van der Waals surface area contributed by atoms with E-state index in [-0.39, 0.29) is 18.3 Å². The zero-order valence-electron chi connectivity index (χ0n) is 14.7. The number of anilines is 2. The third-order valence-corrected chi connectivity index (χ3v) is 5.16. The SMILES string of the molecule is CC(=O)Nc1ccc(-c2cnc(NC3C[C@H]4CNC[C@H]4C3)cn2)cc1.Cl. The molecule has 4 rings (SSSR count). The van der Waals surface area contributed by atoms with Crippen molar-refractivity contribution in [3.05, 3.63) is 36.7 Å². The summed E-state index contributed by atoms with van der Waals surface area (Å²) in [5, 5.41) is 9.76. The number of rotatable bonds is 4. The molecule has 0 spiro atoms. The lowest BCUT2D eigenvalue weighted by Crippen LogP contribution is -2.21. The van der Waals surface area contributed by atoms with Gasteiger partial charge in [-0.15, -0.1) is 12.4 Å². The fourth-order valence-electron chi connectivity index (χ4n) is 3.97. The zero-order chi connectivity index (χ0) is 17.2. The maximum atomic E-state index is 11.1. The zero-order valence-corrected chi connectivity index (χ0v) is 15.6. The quantitative estimate of drug-likeness (QED) is 0.768. The molecule has 2 fully saturated rings. The third-order valence-electron chi connectivity index (χ3n) is 5.16. The Kier molecular flexibility index (Phi) is 5.74. The van der Waals surface area contributed by atoms with Gasteiger partial charge in [-0.3, -0.25) is 9.78 Å². The molecule has 2 heterocycles. The molecule has 1 amide bonds. The van der Waals surface area contributed by atoms with Gasteiger partial charge in [-0.25, -0.2) is 4.98 Å². The van der Waals surface area contributed by atoms with Crippen LogP contribution in [0.15, 0.2) is 36.7 Å². The minimum atomic E-state index is -0.0743. The summed E-state index contributed by atoms with van der Waals surface area (Å²) >= 11 is 0. The number of carbonyl (C=O) groups excluding carboxylic acids is 1. The molecular formula is C19H24ClN5O. The summed E-state index contributed by atoms with van der Waals surface area (Å²) in [6.45, 7) is 3.81. The first-order chi connectivity index (χ1) is 12.2. The first-order valence-corrected chi connectivity index (χ1v) is 8.85. The predicted molar refractivity (Wildman–Crippen MR) is 106 cm³/mol. The summed E-state index contributed by atoms with van der Waals surface area (Å²) in [7, 11) is 0. The normalized spacial score (nSPS) is 23.8. The number of nitrogens with zero attached hydrogens (tertiary/aromatic N) is 2. The van der Waals surface area contributed by atoms with E-state index in [0.29, 0.717) is 6.04 Å². The van der Waals surface area contributed by atoms with E-state index < -0.39 is 0 Å². The van der Waals surface area contributed by atoms with E-state index in [0.717, 1.165) is 47.7 Å². The topological polar surface area (TPSA) is 78.9 Å². The highest BCUT2D eigenvalue weighted by molar-refractivity contribution is 5.88. The van der Waals surface area contributed by atoms with Crippen LogP contribution in [0.1, 0.15) is 19.8 Å². The summed E-state index contributed by atoms with van der Waals surface area (Å²) in [4.78, 5) is 20.1. The standard InChI is InChI=1S/C19H23N5O.ClH/c1-12(25)23-16-4-2-13(3-5-16)18-10-22-19(11-21-18)24-17-6-14-8-20-9-15(14)7-17;/h2-5,10-11,14-15,17,20H,6-9H2,1H3,(H,22,24)(H,23,25);1H/t14-,15+,17?;. The Balaban J connectivity index is 0.00000196. The molecule has 1 aromatic heterocycles. The van der Waals surface area contributed by atoms with Crippen LogP contribution in [0.5, 0.6) is 0 Å². The highest BCUT2D eigenvalue weighted by Gasteiger charge is 2.37. The Morgan fingerprint density at radius 2 is 1.77 bits per heavy atom. The first kappa shape index (κ1) is 18.6. The average Bonchev–Trinajstić information content (AvgIpc) is 3.17. The molecule has 1 unspecified atom stereocenters. The van der Waals surface area contributed by atoms with E-state index in [1.54, 1.807) is 6.20 Å². The van der Waals surface area contributed by atoms with Crippen molar-refractivity contribution in [2.75, 3.05) is 23.7 Å². The highest BCUT2D eigenvalue weighted by Crippen LogP contribution is 2.35. The van der Waals surface area contributed by atoms with E-state index in [1.165, 1.54) is 19.8 Å². The first-order valence-electron chi connectivity index (χ1n) is 8.85. The van der Waals surface area contributed by atoms with Gasteiger partial charge in [0.2, 0.25) is 5.91 Å². The van der Waals surface area contributed by atoms with Gasteiger partial charge in [0.15, 0.2) is 0 Å². The average molecular weight is 374 g/mol. The minimum absolute atomic E-state index is 0. The third kappa shape index (κ3) is 4.14. The Morgan fingerprint density at radius 3 is 2.35 bits per heavy atom. The van der Waals surface area contributed by atoms with Crippen molar-refractivity contribution in [2.24, 2.45) is 11.8 Å². The van der Waals surface area contributed by atoms with Gasteiger partial charge in [-0.2, -0.15) is 0 Å². The molecular weight excluding hydrogens is 350 g/mol. The van der Waals surface area contributed by atoms with Gasteiger partial charge in [0, 0.05) is 24.2 Å². The van der Waals surface area contributed by atoms with Crippen LogP contribution in [0.2, 0.25) is 0 Å². The van der Waals surface area contributed by atoms with Crippen molar-refractivity contribution >= 4 is 29.8 Å². The van der Waals surface area contributed by atoms with Gasteiger partial charge >= 0.3 is 0 Å². The van der Waals surface area contributed by atoms with Crippen LogP contribution in [0.3, 0.4) is 0 Å². The predicted octanol–water partition coefficient (Wildman–Crippen LogP) is 2.93. The second kappa shape index (κ2) is 8.01. The van der Waals surface area contributed by atoms with Gasteiger partial charge in [-0.05, 0) is 49.9 Å². The second-order valence-corrected chi connectivity index (χ2v) is 7.04. The largest absolute Gasteiger partial charge is 0.366 e. The number of amides is 1. The molecule has 0 bridgehead atoms. The van der Waals surface area contributed by atoms with Crippen molar-refractivity contribution in [3.63, 3.8) is 0 Å². The number of aromatic nitrogens is 2. The minimum Gasteiger partial charge on any atom is -0.366 e. The van der Waals surface area contributed by atoms with Crippen molar-refractivity contribution in [3.8, 4) is 11.3 Å². The van der Waals surface area contributed by atoms with Crippen LogP contribution in [-0.4, -0.2) is 35.0 Å². The highest BCUT2D eigenvalue weighted by atomic mass is 35.5. The molecule has 7 heteroatoms. The summed E-state index contributed by atoms with van der Waals surface area (Å²) in [6.07, 6.45) is 6.04. The monoisotopic (exact) mass is 373 g/mol. The van der Waals surface area contributed by atoms with Crippen molar-refractivity contribution in [2.45, 2.75) is 25.8 Å². The number of benzene rings is 1. The van der Waals surface area contributed by atoms with E-state index in [2.05, 4.69) is 25.9 Å². The van der Waals surface area contributed by atoms with Crippen LogP contribution in [-0.2, 0) is 4.79 Å². The smallest absolute Gasteiger partial charge is 0.221 e. The van der Waals surface area contributed by atoms with Gasteiger partial charge in [-0.1, -0.05) is 12.1 Å². The summed E-state index contributed by atoms with van der Waals surface area (Å²) in [5.41, 5.74) is 2.59. The number of nitrogens with one attached hydrogen (secondary N) is 3. The van der Waals surface area contributed by atoms with Crippen molar-refractivity contribution in [1.29, 1.82) is 0 Å². The lowest BCUT2D eigenvalue weighted by atomic mass is 10.0. The molecule has 138 valence electrons. The van der Waals surface area contributed by atoms with Gasteiger partial charge < -0.3 is 16.0 Å².